The maximum Gasteiger partial charge on any atom is 0.257 e. The third kappa shape index (κ3) is 2.80. The Bertz CT molecular complexity index is 891. The van der Waals surface area contributed by atoms with Crippen LogP contribution in [-0.2, 0) is 13.0 Å². The molecule has 3 aromatic rings. The van der Waals surface area contributed by atoms with Crippen LogP contribution in [-0.4, -0.2) is 39.4 Å². The molecule has 0 saturated carbocycles. The van der Waals surface area contributed by atoms with Gasteiger partial charge in [-0.15, -0.1) is 11.3 Å². The number of amides is 1. The first-order valence-electron chi connectivity index (χ1n) is 7.38. The van der Waals surface area contributed by atoms with Crippen molar-refractivity contribution in [3.05, 3.63) is 46.7 Å². The number of rotatable bonds is 2. The first-order valence-corrected chi connectivity index (χ1v) is 8.20. The van der Waals surface area contributed by atoms with Crippen LogP contribution in [0.2, 0.25) is 0 Å². The summed E-state index contributed by atoms with van der Waals surface area (Å²) in [5.41, 5.74) is 3.15. The first-order chi connectivity index (χ1) is 11.2. The van der Waals surface area contributed by atoms with E-state index < -0.39 is 0 Å². The number of carbonyl (C=O) groups is 1. The summed E-state index contributed by atoms with van der Waals surface area (Å²) in [6.07, 6.45) is 4.19. The average Bonchev–Trinajstić information content (AvgIpc) is 2.95. The van der Waals surface area contributed by atoms with Crippen molar-refractivity contribution in [3.8, 4) is 0 Å². The van der Waals surface area contributed by atoms with Crippen molar-refractivity contribution in [2.75, 3.05) is 18.9 Å². The fraction of sp³-hybridized carbons (Fsp3) is 0.250. The molecular weight excluding hydrogens is 310 g/mol. The lowest BCUT2D eigenvalue weighted by Crippen LogP contribution is -2.25. The number of nitrogens with zero attached hydrogens (tertiary/aromatic N) is 4. The molecule has 0 saturated heterocycles. The normalized spacial score (nSPS) is 14.7. The van der Waals surface area contributed by atoms with E-state index in [0.29, 0.717) is 16.2 Å². The number of hydrogen-bond acceptors (Lipinski definition) is 6. The quantitative estimate of drug-likeness (QED) is 0.783. The number of fused-ring (bicyclic) bond motifs is 2. The molecule has 0 aliphatic carbocycles. The molecule has 0 unspecified atom stereocenters. The largest absolute Gasteiger partial charge is 0.301 e. The fourth-order valence-corrected chi connectivity index (χ4v) is 3.73. The van der Waals surface area contributed by atoms with Gasteiger partial charge in [-0.3, -0.25) is 20.1 Å². The molecule has 1 amide bonds. The molecule has 0 bridgehead atoms. The zero-order valence-corrected chi connectivity index (χ0v) is 13.4. The van der Waals surface area contributed by atoms with Crippen LogP contribution in [0.5, 0.6) is 0 Å². The van der Waals surface area contributed by atoms with Crippen molar-refractivity contribution in [1.82, 2.24) is 19.9 Å². The Hall–Kier alpha value is -2.38. The molecule has 23 heavy (non-hydrogen) atoms. The molecule has 6 nitrogen and oxygen atoms in total. The molecule has 3 heterocycles. The van der Waals surface area contributed by atoms with Gasteiger partial charge in [0, 0.05) is 42.3 Å². The minimum atomic E-state index is -0.169. The average molecular weight is 325 g/mol. The van der Waals surface area contributed by atoms with Crippen molar-refractivity contribution < 1.29 is 4.79 Å². The Morgan fingerprint density at radius 3 is 2.96 bits per heavy atom. The lowest BCUT2D eigenvalue weighted by atomic mass is 10.2. The summed E-state index contributed by atoms with van der Waals surface area (Å²) in [6, 6.07) is 5.31. The first kappa shape index (κ1) is 14.2. The van der Waals surface area contributed by atoms with E-state index in [1.54, 1.807) is 41.9 Å². The summed E-state index contributed by atoms with van der Waals surface area (Å²) in [4.78, 5) is 28.9. The summed E-state index contributed by atoms with van der Waals surface area (Å²) in [5.74, 6) is -0.169. The van der Waals surface area contributed by atoms with Gasteiger partial charge in [0.05, 0.1) is 16.7 Å². The van der Waals surface area contributed by atoms with E-state index >= 15 is 0 Å². The fourth-order valence-electron chi connectivity index (χ4n) is 2.65. The Balaban J connectivity index is 1.57. The van der Waals surface area contributed by atoms with Crippen molar-refractivity contribution in [2.24, 2.45) is 0 Å². The number of aromatic nitrogens is 3. The van der Waals surface area contributed by atoms with Gasteiger partial charge in [0.15, 0.2) is 5.13 Å². The van der Waals surface area contributed by atoms with E-state index in [1.807, 2.05) is 0 Å². The van der Waals surface area contributed by atoms with Crippen LogP contribution in [0.1, 0.15) is 20.9 Å². The predicted octanol–water partition coefficient (Wildman–Crippen LogP) is 2.33. The van der Waals surface area contributed by atoms with E-state index in [-0.39, 0.29) is 5.91 Å². The molecular formula is C16H15N5OS. The summed E-state index contributed by atoms with van der Waals surface area (Å²) in [5, 5.41) is 3.56. The van der Waals surface area contributed by atoms with Gasteiger partial charge in [-0.25, -0.2) is 4.98 Å². The molecule has 116 valence electrons. The van der Waals surface area contributed by atoms with E-state index in [1.165, 1.54) is 4.88 Å². The number of thiazole rings is 1. The number of likely N-dealkylation sites (N-methyl/N-ethyl adjacent to an activating group) is 1. The van der Waals surface area contributed by atoms with Gasteiger partial charge in [-0.2, -0.15) is 0 Å². The monoisotopic (exact) mass is 325 g/mol. The summed E-state index contributed by atoms with van der Waals surface area (Å²) in [7, 11) is 2.09. The standard InChI is InChI=1S/C16H15N5OS/c1-21-7-4-12-14(9-21)23-16(19-12)20-15(22)10-2-3-11-13(8-10)18-6-5-17-11/h2-3,5-6,8H,4,7,9H2,1H3,(H,19,20,22). The summed E-state index contributed by atoms with van der Waals surface area (Å²) in [6.45, 7) is 1.90. The Kier molecular flexibility index (Phi) is 3.51. The Morgan fingerprint density at radius 1 is 1.26 bits per heavy atom. The van der Waals surface area contributed by atoms with E-state index in [2.05, 4.69) is 32.2 Å². The lowest BCUT2D eigenvalue weighted by Gasteiger charge is -2.20. The van der Waals surface area contributed by atoms with Crippen LogP contribution in [0.3, 0.4) is 0 Å². The molecule has 2 aromatic heterocycles. The molecule has 1 aliphatic rings. The molecule has 0 spiro atoms. The molecule has 0 radical (unpaired) electrons. The zero-order valence-electron chi connectivity index (χ0n) is 12.6. The summed E-state index contributed by atoms with van der Waals surface area (Å²) >= 11 is 1.55. The molecule has 1 aliphatic heterocycles. The van der Waals surface area contributed by atoms with E-state index in [9.17, 15) is 4.79 Å². The van der Waals surface area contributed by atoms with Crippen molar-refractivity contribution in [3.63, 3.8) is 0 Å². The smallest absolute Gasteiger partial charge is 0.257 e. The zero-order chi connectivity index (χ0) is 15.8. The van der Waals surface area contributed by atoms with Gasteiger partial charge in [0.2, 0.25) is 0 Å². The van der Waals surface area contributed by atoms with Gasteiger partial charge in [-0.05, 0) is 25.2 Å². The molecule has 0 atom stereocenters. The van der Waals surface area contributed by atoms with Crippen LogP contribution in [0, 0.1) is 0 Å². The second kappa shape index (κ2) is 5.68. The lowest BCUT2D eigenvalue weighted by molar-refractivity contribution is 0.102. The van der Waals surface area contributed by atoms with Crippen LogP contribution in [0.15, 0.2) is 30.6 Å². The molecule has 1 N–H and O–H groups in total. The maximum atomic E-state index is 12.4. The number of hydrogen-bond donors (Lipinski definition) is 1. The minimum Gasteiger partial charge on any atom is -0.301 e. The second-order valence-electron chi connectivity index (χ2n) is 5.59. The van der Waals surface area contributed by atoms with Gasteiger partial charge in [-0.1, -0.05) is 0 Å². The van der Waals surface area contributed by atoms with Gasteiger partial charge < -0.3 is 4.90 Å². The van der Waals surface area contributed by atoms with Crippen LogP contribution in [0.25, 0.3) is 11.0 Å². The molecule has 4 rings (SSSR count). The van der Waals surface area contributed by atoms with Crippen LogP contribution >= 0.6 is 11.3 Å². The minimum absolute atomic E-state index is 0.169. The number of anilines is 1. The molecule has 1 aromatic carbocycles. The van der Waals surface area contributed by atoms with Crippen LogP contribution < -0.4 is 5.32 Å². The molecule has 0 fully saturated rings. The van der Waals surface area contributed by atoms with Crippen molar-refractivity contribution in [1.29, 1.82) is 0 Å². The van der Waals surface area contributed by atoms with Crippen molar-refractivity contribution >= 4 is 33.4 Å². The highest BCUT2D eigenvalue weighted by Crippen LogP contribution is 2.28. The predicted molar refractivity (Wildman–Crippen MR) is 89.6 cm³/mol. The van der Waals surface area contributed by atoms with E-state index in [4.69, 9.17) is 0 Å². The third-order valence-electron chi connectivity index (χ3n) is 3.87. The topological polar surface area (TPSA) is 71.0 Å². The van der Waals surface area contributed by atoms with Crippen molar-refractivity contribution in [2.45, 2.75) is 13.0 Å². The third-order valence-corrected chi connectivity index (χ3v) is 4.87. The SMILES string of the molecule is CN1CCc2nc(NC(=O)c3ccc4nccnc4c3)sc2C1. The maximum absolute atomic E-state index is 12.4. The number of nitrogens with one attached hydrogen (secondary N) is 1. The summed E-state index contributed by atoms with van der Waals surface area (Å²) < 4.78 is 0. The highest BCUT2D eigenvalue weighted by atomic mass is 32.1. The van der Waals surface area contributed by atoms with Gasteiger partial charge in [0.1, 0.15) is 0 Å². The highest BCUT2D eigenvalue weighted by Gasteiger charge is 2.19. The second-order valence-corrected chi connectivity index (χ2v) is 6.67. The van der Waals surface area contributed by atoms with Gasteiger partial charge >= 0.3 is 0 Å². The number of carbonyl (C=O) groups excluding carboxylic acids is 1. The number of benzene rings is 1. The van der Waals surface area contributed by atoms with Crippen LogP contribution in [0.4, 0.5) is 5.13 Å². The molecule has 7 heteroatoms. The Morgan fingerprint density at radius 2 is 2.09 bits per heavy atom. The van der Waals surface area contributed by atoms with Gasteiger partial charge in [0.25, 0.3) is 5.91 Å². The van der Waals surface area contributed by atoms with E-state index in [0.717, 1.165) is 30.7 Å². The Labute approximate surface area is 137 Å². The highest BCUT2D eigenvalue weighted by molar-refractivity contribution is 7.15.